The maximum absolute atomic E-state index is 12.0. The first kappa shape index (κ1) is 10.8. The van der Waals surface area contributed by atoms with E-state index in [0.29, 0.717) is 28.1 Å². The summed E-state index contributed by atoms with van der Waals surface area (Å²) in [5, 5.41) is 7.18. The van der Waals surface area contributed by atoms with Gasteiger partial charge in [-0.25, -0.2) is 4.79 Å². The highest BCUT2D eigenvalue weighted by Crippen LogP contribution is 2.30. The minimum Gasteiger partial charge on any atom is -0.276 e. The van der Waals surface area contributed by atoms with E-state index in [4.69, 9.17) is 0 Å². The highest BCUT2D eigenvalue weighted by atomic mass is 79.9. The average Bonchev–Trinajstić information content (AvgIpc) is 3.04. The van der Waals surface area contributed by atoms with Crippen LogP contribution in [0.4, 0.5) is 0 Å². The number of hydrogen-bond acceptors (Lipinski definition) is 3. The van der Waals surface area contributed by atoms with Crippen molar-refractivity contribution in [2.24, 2.45) is 13.0 Å². The molecule has 1 aliphatic rings. The fourth-order valence-electron chi connectivity index (χ4n) is 1.95. The largest absolute Gasteiger partial charge is 0.332 e. The van der Waals surface area contributed by atoms with Gasteiger partial charge in [-0.1, -0.05) is 0 Å². The van der Waals surface area contributed by atoms with Crippen molar-refractivity contribution in [3.8, 4) is 0 Å². The second-order valence-corrected chi connectivity index (χ2v) is 5.23. The smallest absolute Gasteiger partial charge is 0.276 e. The van der Waals surface area contributed by atoms with E-state index in [9.17, 15) is 9.59 Å². The molecule has 0 aromatic carbocycles. The van der Waals surface area contributed by atoms with E-state index < -0.39 is 0 Å². The summed E-state index contributed by atoms with van der Waals surface area (Å²) in [6.45, 7) is 0.640. The van der Waals surface area contributed by atoms with Gasteiger partial charge >= 0.3 is 5.69 Å². The molecule has 0 aliphatic heterocycles. The van der Waals surface area contributed by atoms with Gasteiger partial charge < -0.3 is 0 Å². The monoisotopic (exact) mass is 298 g/mol. The molecule has 2 aromatic rings. The number of H-pyrrole nitrogens is 1. The molecule has 1 saturated carbocycles. The summed E-state index contributed by atoms with van der Waals surface area (Å²) >= 11 is 3.25. The molecule has 0 unspecified atom stereocenters. The highest BCUT2D eigenvalue weighted by molar-refractivity contribution is 9.10. The van der Waals surface area contributed by atoms with E-state index in [2.05, 4.69) is 26.1 Å². The Hall–Kier alpha value is -1.37. The van der Waals surface area contributed by atoms with Crippen LogP contribution < -0.4 is 11.2 Å². The second-order valence-electron chi connectivity index (χ2n) is 4.44. The van der Waals surface area contributed by atoms with Crippen molar-refractivity contribution in [3.05, 3.63) is 25.4 Å². The maximum Gasteiger partial charge on any atom is 0.332 e. The molecule has 6 nitrogen and oxygen atoms in total. The summed E-state index contributed by atoms with van der Waals surface area (Å²) < 4.78 is 3.23. The average molecular weight is 299 g/mol. The Morgan fingerprint density at radius 3 is 2.82 bits per heavy atom. The van der Waals surface area contributed by atoms with E-state index in [1.54, 1.807) is 4.57 Å². The van der Waals surface area contributed by atoms with Crippen LogP contribution in [-0.4, -0.2) is 19.3 Å². The molecule has 1 N–H and O–H groups in total. The fourth-order valence-corrected chi connectivity index (χ4v) is 2.38. The van der Waals surface area contributed by atoms with Gasteiger partial charge in [0.15, 0.2) is 5.65 Å². The van der Waals surface area contributed by atoms with E-state index >= 15 is 0 Å². The topological polar surface area (TPSA) is 72.7 Å². The zero-order valence-electron chi connectivity index (χ0n) is 9.23. The number of hydrogen-bond donors (Lipinski definition) is 1. The predicted molar refractivity (Wildman–Crippen MR) is 66.0 cm³/mol. The van der Waals surface area contributed by atoms with E-state index in [-0.39, 0.29) is 11.2 Å². The molecule has 0 atom stereocenters. The molecule has 0 saturated heterocycles. The molecule has 90 valence electrons. The number of aromatic amines is 1. The number of nitrogens with one attached hydrogen (secondary N) is 1. The molecular weight excluding hydrogens is 288 g/mol. The zero-order valence-corrected chi connectivity index (χ0v) is 10.8. The minimum absolute atomic E-state index is 0.298. The van der Waals surface area contributed by atoms with Crippen LogP contribution in [0.5, 0.6) is 0 Å². The van der Waals surface area contributed by atoms with Crippen LogP contribution in [0.25, 0.3) is 11.0 Å². The van der Waals surface area contributed by atoms with Crippen molar-refractivity contribution in [1.29, 1.82) is 0 Å². The molecule has 17 heavy (non-hydrogen) atoms. The van der Waals surface area contributed by atoms with Crippen molar-refractivity contribution in [1.82, 2.24) is 19.3 Å². The van der Waals surface area contributed by atoms with Gasteiger partial charge in [-0.2, -0.15) is 5.10 Å². The Bertz CT molecular complexity index is 707. The lowest BCUT2D eigenvalue weighted by Gasteiger charge is -2.07. The maximum atomic E-state index is 12.0. The van der Waals surface area contributed by atoms with Gasteiger partial charge in [0.25, 0.3) is 5.56 Å². The molecule has 0 amide bonds. The normalized spacial score (nSPS) is 15.6. The third-order valence-corrected chi connectivity index (χ3v) is 3.71. The number of rotatable bonds is 2. The lowest BCUT2D eigenvalue weighted by atomic mass is 10.3. The Kier molecular flexibility index (Phi) is 2.25. The molecule has 0 spiro atoms. The molecule has 2 aromatic heterocycles. The SMILES string of the molecule is Cn1c(=O)c2c(Br)[nH]nc2n(CC2CC2)c1=O. The molecule has 2 heterocycles. The van der Waals surface area contributed by atoms with Crippen LogP contribution >= 0.6 is 15.9 Å². The van der Waals surface area contributed by atoms with Gasteiger partial charge in [0.05, 0.1) is 0 Å². The third-order valence-electron chi connectivity index (χ3n) is 3.13. The molecular formula is C10H11BrN4O2. The zero-order chi connectivity index (χ0) is 12.2. The van der Waals surface area contributed by atoms with Gasteiger partial charge in [0, 0.05) is 13.6 Å². The molecule has 1 aliphatic carbocycles. The van der Waals surface area contributed by atoms with Gasteiger partial charge in [0.2, 0.25) is 0 Å². The lowest BCUT2D eigenvalue weighted by Crippen LogP contribution is -2.38. The molecule has 7 heteroatoms. The Morgan fingerprint density at radius 2 is 2.18 bits per heavy atom. The number of fused-ring (bicyclic) bond motifs is 1. The van der Waals surface area contributed by atoms with Gasteiger partial charge in [-0.15, -0.1) is 0 Å². The molecule has 0 bridgehead atoms. The van der Waals surface area contributed by atoms with Gasteiger partial charge in [0.1, 0.15) is 9.99 Å². The predicted octanol–water partition coefficient (Wildman–Crippen LogP) is 0.596. The van der Waals surface area contributed by atoms with Crippen LogP contribution in [0.2, 0.25) is 0 Å². The lowest BCUT2D eigenvalue weighted by molar-refractivity contribution is 0.577. The fraction of sp³-hybridized carbons (Fsp3) is 0.500. The molecule has 0 radical (unpaired) electrons. The van der Waals surface area contributed by atoms with E-state index in [0.717, 1.165) is 17.4 Å². The number of halogens is 1. The van der Waals surface area contributed by atoms with Crippen molar-refractivity contribution in [2.75, 3.05) is 0 Å². The van der Waals surface area contributed by atoms with Crippen LogP contribution in [-0.2, 0) is 13.6 Å². The van der Waals surface area contributed by atoms with E-state index in [1.165, 1.54) is 7.05 Å². The first-order chi connectivity index (χ1) is 8.09. The molecule has 3 rings (SSSR count). The van der Waals surface area contributed by atoms with Crippen LogP contribution in [0.1, 0.15) is 12.8 Å². The second kappa shape index (κ2) is 3.56. The molecule has 1 fully saturated rings. The Labute approximate surface area is 104 Å². The number of nitrogens with zero attached hydrogens (tertiary/aromatic N) is 3. The highest BCUT2D eigenvalue weighted by Gasteiger charge is 2.25. The number of aromatic nitrogens is 4. The van der Waals surface area contributed by atoms with Crippen molar-refractivity contribution < 1.29 is 0 Å². The summed E-state index contributed by atoms with van der Waals surface area (Å²) in [4.78, 5) is 24.0. The van der Waals surface area contributed by atoms with Gasteiger partial charge in [-0.05, 0) is 34.7 Å². The first-order valence-electron chi connectivity index (χ1n) is 5.43. The van der Waals surface area contributed by atoms with Crippen molar-refractivity contribution >= 4 is 27.0 Å². The Balaban J connectivity index is 2.39. The quantitative estimate of drug-likeness (QED) is 0.882. The van der Waals surface area contributed by atoms with Crippen molar-refractivity contribution in [3.63, 3.8) is 0 Å². The summed E-state index contributed by atoms with van der Waals surface area (Å²) in [6.07, 6.45) is 2.28. The third kappa shape index (κ3) is 1.56. The van der Waals surface area contributed by atoms with Gasteiger partial charge in [-0.3, -0.25) is 19.0 Å². The summed E-state index contributed by atoms with van der Waals surface area (Å²) in [7, 11) is 1.49. The van der Waals surface area contributed by atoms with Crippen molar-refractivity contribution in [2.45, 2.75) is 19.4 Å². The van der Waals surface area contributed by atoms with Crippen LogP contribution in [0.3, 0.4) is 0 Å². The van der Waals surface area contributed by atoms with Crippen LogP contribution in [0.15, 0.2) is 14.2 Å². The summed E-state index contributed by atoms with van der Waals surface area (Å²) in [6, 6.07) is 0. The van der Waals surface area contributed by atoms with Crippen LogP contribution in [0, 0.1) is 5.92 Å². The summed E-state index contributed by atoms with van der Waals surface area (Å²) in [5.41, 5.74) is -0.178. The first-order valence-corrected chi connectivity index (χ1v) is 6.22. The summed E-state index contributed by atoms with van der Waals surface area (Å²) in [5.74, 6) is 0.545. The standard InChI is InChI=1S/C10H11BrN4O2/c1-14-9(16)6-7(11)12-13-8(6)15(10(14)17)4-5-2-3-5/h5H,2-4H2,1H3,(H,12,13). The minimum atomic E-state index is -0.322. The van der Waals surface area contributed by atoms with E-state index in [1.807, 2.05) is 0 Å². The Morgan fingerprint density at radius 1 is 1.47 bits per heavy atom.